The maximum Gasteiger partial charge on any atom is 0.0458 e. The van der Waals surface area contributed by atoms with Crippen molar-refractivity contribution in [3.05, 3.63) is 28.2 Å². The molecule has 2 rings (SSSR count). The molecule has 0 heterocycles. The van der Waals surface area contributed by atoms with E-state index in [2.05, 4.69) is 40.3 Å². The Labute approximate surface area is 118 Å². The van der Waals surface area contributed by atoms with Crippen molar-refractivity contribution in [3.8, 4) is 0 Å². The van der Waals surface area contributed by atoms with Crippen LogP contribution in [0.15, 0.2) is 22.7 Å². The van der Waals surface area contributed by atoms with E-state index in [1.54, 1.807) is 0 Å². The quantitative estimate of drug-likeness (QED) is 0.822. The molecule has 1 saturated carbocycles. The molecule has 0 radical (unpaired) electrons. The lowest BCUT2D eigenvalue weighted by molar-refractivity contribution is 0.207. The highest BCUT2D eigenvalue weighted by molar-refractivity contribution is 9.10. The first-order valence-corrected chi connectivity index (χ1v) is 7.63. The van der Waals surface area contributed by atoms with E-state index in [1.165, 1.54) is 37.7 Å². The Bertz CT molecular complexity index is 397. The Morgan fingerprint density at radius 2 is 2.00 bits per heavy atom. The van der Waals surface area contributed by atoms with E-state index >= 15 is 0 Å². The molecule has 0 aliphatic heterocycles. The topological polar surface area (TPSA) is 38.0 Å². The minimum atomic E-state index is 0.503. The maximum atomic E-state index is 5.79. The van der Waals surface area contributed by atoms with Gasteiger partial charge in [0.15, 0.2) is 0 Å². The molecular weight excluding hydrogens is 288 g/mol. The van der Waals surface area contributed by atoms with Gasteiger partial charge >= 0.3 is 0 Å². The molecule has 1 aliphatic rings. The van der Waals surface area contributed by atoms with Crippen LogP contribution < -0.4 is 11.1 Å². The van der Waals surface area contributed by atoms with Gasteiger partial charge in [0.1, 0.15) is 0 Å². The molecule has 3 N–H and O–H groups in total. The molecule has 0 saturated heterocycles. The summed E-state index contributed by atoms with van der Waals surface area (Å²) >= 11 is 3.47. The van der Waals surface area contributed by atoms with Crippen LogP contribution in [0.5, 0.6) is 0 Å². The number of rotatable bonds is 4. The zero-order chi connectivity index (χ0) is 13.0. The monoisotopic (exact) mass is 310 g/mol. The van der Waals surface area contributed by atoms with Crippen LogP contribution in [0.3, 0.4) is 0 Å². The summed E-state index contributed by atoms with van der Waals surface area (Å²) in [7, 11) is 0. The van der Waals surface area contributed by atoms with Crippen LogP contribution in [-0.4, -0.2) is 6.54 Å². The fourth-order valence-corrected chi connectivity index (χ4v) is 3.20. The molecule has 1 aromatic carbocycles. The SMILES string of the molecule is CC1(CNCc2ccc(N)c(Br)c2)CCCCC1. The standard InChI is InChI=1S/C15H23BrN2/c1-15(7-3-2-4-8-15)11-18-10-12-5-6-14(17)13(16)9-12/h5-6,9,18H,2-4,7-8,10-11,17H2,1H3. The lowest BCUT2D eigenvalue weighted by Gasteiger charge is -2.33. The largest absolute Gasteiger partial charge is 0.398 e. The number of nitrogens with two attached hydrogens (primary N) is 1. The summed E-state index contributed by atoms with van der Waals surface area (Å²) in [5.41, 5.74) is 8.38. The average Bonchev–Trinajstić information content (AvgIpc) is 2.34. The third-order valence-electron chi connectivity index (χ3n) is 4.01. The molecule has 2 nitrogen and oxygen atoms in total. The van der Waals surface area contributed by atoms with E-state index < -0.39 is 0 Å². The highest BCUT2D eigenvalue weighted by atomic mass is 79.9. The zero-order valence-electron chi connectivity index (χ0n) is 11.1. The van der Waals surface area contributed by atoms with Crippen molar-refractivity contribution in [2.24, 2.45) is 5.41 Å². The van der Waals surface area contributed by atoms with E-state index in [0.717, 1.165) is 23.2 Å². The first-order chi connectivity index (χ1) is 8.59. The van der Waals surface area contributed by atoms with E-state index in [0.29, 0.717) is 5.41 Å². The number of hydrogen-bond acceptors (Lipinski definition) is 2. The van der Waals surface area contributed by atoms with Gasteiger partial charge in [-0.15, -0.1) is 0 Å². The lowest BCUT2D eigenvalue weighted by Crippen LogP contribution is -2.33. The molecular formula is C15H23BrN2. The minimum Gasteiger partial charge on any atom is -0.398 e. The Hall–Kier alpha value is -0.540. The number of nitrogens with one attached hydrogen (secondary N) is 1. The summed E-state index contributed by atoms with van der Waals surface area (Å²) in [5.74, 6) is 0. The third kappa shape index (κ3) is 3.72. The molecule has 100 valence electrons. The molecule has 0 amide bonds. The number of halogens is 1. The van der Waals surface area contributed by atoms with Crippen LogP contribution in [0.4, 0.5) is 5.69 Å². The predicted molar refractivity (Wildman–Crippen MR) is 81.5 cm³/mol. The van der Waals surface area contributed by atoms with Crippen molar-refractivity contribution < 1.29 is 0 Å². The summed E-state index contributed by atoms with van der Waals surface area (Å²) < 4.78 is 0.991. The highest BCUT2D eigenvalue weighted by Gasteiger charge is 2.25. The average molecular weight is 311 g/mol. The van der Waals surface area contributed by atoms with Crippen molar-refractivity contribution in [3.63, 3.8) is 0 Å². The Balaban J connectivity index is 1.82. The molecule has 3 heteroatoms. The van der Waals surface area contributed by atoms with Gasteiger partial charge in [0, 0.05) is 23.2 Å². The summed E-state index contributed by atoms with van der Waals surface area (Å²) in [6.07, 6.45) is 6.94. The number of benzene rings is 1. The van der Waals surface area contributed by atoms with Gasteiger partial charge in [0.25, 0.3) is 0 Å². The van der Waals surface area contributed by atoms with Crippen molar-refractivity contribution in [2.75, 3.05) is 12.3 Å². The fraction of sp³-hybridized carbons (Fsp3) is 0.600. The summed E-state index contributed by atoms with van der Waals surface area (Å²) in [6.45, 7) is 4.46. The molecule has 0 atom stereocenters. The summed E-state index contributed by atoms with van der Waals surface area (Å²) in [5, 5.41) is 3.60. The Morgan fingerprint density at radius 3 is 2.67 bits per heavy atom. The highest BCUT2D eigenvalue weighted by Crippen LogP contribution is 2.35. The van der Waals surface area contributed by atoms with Gasteiger partial charge in [-0.05, 0) is 51.9 Å². The normalized spacial score (nSPS) is 18.8. The van der Waals surface area contributed by atoms with Crippen molar-refractivity contribution in [1.29, 1.82) is 0 Å². The van der Waals surface area contributed by atoms with E-state index in [1.807, 2.05) is 6.07 Å². The van der Waals surface area contributed by atoms with Crippen LogP contribution >= 0.6 is 15.9 Å². The first-order valence-electron chi connectivity index (χ1n) is 6.84. The molecule has 0 unspecified atom stereocenters. The van der Waals surface area contributed by atoms with Crippen molar-refractivity contribution in [1.82, 2.24) is 5.32 Å². The number of hydrogen-bond donors (Lipinski definition) is 2. The fourth-order valence-electron chi connectivity index (χ4n) is 2.77. The van der Waals surface area contributed by atoms with Gasteiger partial charge in [0.2, 0.25) is 0 Å². The van der Waals surface area contributed by atoms with E-state index in [4.69, 9.17) is 5.73 Å². The van der Waals surface area contributed by atoms with E-state index in [-0.39, 0.29) is 0 Å². The van der Waals surface area contributed by atoms with Gasteiger partial charge in [-0.1, -0.05) is 32.3 Å². The Morgan fingerprint density at radius 1 is 1.28 bits per heavy atom. The van der Waals surface area contributed by atoms with Crippen molar-refractivity contribution >= 4 is 21.6 Å². The van der Waals surface area contributed by atoms with Crippen LogP contribution in [0.1, 0.15) is 44.6 Å². The van der Waals surface area contributed by atoms with Crippen LogP contribution in [0, 0.1) is 5.41 Å². The second kappa shape index (κ2) is 6.07. The molecule has 1 aliphatic carbocycles. The van der Waals surface area contributed by atoms with Gasteiger partial charge in [-0.2, -0.15) is 0 Å². The summed E-state index contributed by atoms with van der Waals surface area (Å²) in [4.78, 5) is 0. The summed E-state index contributed by atoms with van der Waals surface area (Å²) in [6, 6.07) is 6.16. The molecule has 1 fully saturated rings. The molecule has 0 aromatic heterocycles. The van der Waals surface area contributed by atoms with Crippen LogP contribution in [0.25, 0.3) is 0 Å². The van der Waals surface area contributed by atoms with Gasteiger partial charge in [-0.25, -0.2) is 0 Å². The smallest absolute Gasteiger partial charge is 0.0458 e. The second-order valence-corrected chi connectivity index (χ2v) is 6.69. The lowest BCUT2D eigenvalue weighted by atomic mass is 9.76. The number of anilines is 1. The molecule has 0 spiro atoms. The Kier molecular flexibility index (Phi) is 4.68. The van der Waals surface area contributed by atoms with Crippen molar-refractivity contribution in [2.45, 2.75) is 45.6 Å². The number of nitrogen functional groups attached to an aromatic ring is 1. The van der Waals surface area contributed by atoms with Gasteiger partial charge in [-0.3, -0.25) is 0 Å². The van der Waals surface area contributed by atoms with Gasteiger partial charge < -0.3 is 11.1 Å². The molecule has 0 bridgehead atoms. The molecule has 18 heavy (non-hydrogen) atoms. The van der Waals surface area contributed by atoms with Gasteiger partial charge in [0.05, 0.1) is 0 Å². The second-order valence-electron chi connectivity index (χ2n) is 5.83. The van der Waals surface area contributed by atoms with Crippen LogP contribution in [0.2, 0.25) is 0 Å². The maximum absolute atomic E-state index is 5.79. The third-order valence-corrected chi connectivity index (χ3v) is 4.69. The molecule has 1 aromatic rings. The first kappa shape index (κ1) is 13.9. The van der Waals surface area contributed by atoms with E-state index in [9.17, 15) is 0 Å². The van der Waals surface area contributed by atoms with Crippen LogP contribution in [-0.2, 0) is 6.54 Å². The zero-order valence-corrected chi connectivity index (χ0v) is 12.7. The minimum absolute atomic E-state index is 0.503. The predicted octanol–water partition coefficient (Wildman–Crippen LogP) is 4.09.